The van der Waals surface area contributed by atoms with E-state index >= 15 is 0 Å². The maximum atomic E-state index is 11.8. The first kappa shape index (κ1) is 13.2. The van der Waals surface area contributed by atoms with E-state index in [1.165, 1.54) is 15.3 Å². The molecule has 4 heteroatoms. The molecule has 0 aliphatic heterocycles. The zero-order chi connectivity index (χ0) is 12.3. The molecule has 0 saturated heterocycles. The molecule has 1 rings (SSSR count). The summed E-state index contributed by atoms with van der Waals surface area (Å²) in [6, 6.07) is 2.13. The smallest absolute Gasteiger partial charge is 0.240 e. The molecule has 0 bridgehead atoms. The zero-order valence-electron chi connectivity index (χ0n) is 10.6. The number of likely N-dealkylation sites (N-methyl/N-ethyl adjacent to an activating group) is 1. The molecule has 1 amide bonds. The Morgan fingerprint density at radius 1 is 1.44 bits per heavy atom. The van der Waals surface area contributed by atoms with E-state index in [0.29, 0.717) is 6.54 Å². The third-order valence-electron chi connectivity index (χ3n) is 2.83. The van der Waals surface area contributed by atoms with Crippen LogP contribution in [0.4, 0.5) is 0 Å². The van der Waals surface area contributed by atoms with Gasteiger partial charge in [-0.3, -0.25) is 4.79 Å². The van der Waals surface area contributed by atoms with Gasteiger partial charge in [0.2, 0.25) is 5.91 Å². The third kappa shape index (κ3) is 3.06. The number of hydrogen-bond acceptors (Lipinski definition) is 3. The molecule has 0 unspecified atom stereocenters. The van der Waals surface area contributed by atoms with Gasteiger partial charge < -0.3 is 10.6 Å². The van der Waals surface area contributed by atoms with Crippen molar-refractivity contribution in [2.24, 2.45) is 0 Å². The van der Waals surface area contributed by atoms with Crippen molar-refractivity contribution in [3.63, 3.8) is 0 Å². The van der Waals surface area contributed by atoms with Crippen molar-refractivity contribution < 1.29 is 4.79 Å². The Balaban J connectivity index is 2.55. The van der Waals surface area contributed by atoms with Crippen LogP contribution in [-0.2, 0) is 11.3 Å². The number of carbonyl (C=O) groups excluding carboxylic acids is 1. The first-order valence-corrected chi connectivity index (χ1v) is 6.21. The lowest BCUT2D eigenvalue weighted by Crippen LogP contribution is -2.50. The predicted molar refractivity (Wildman–Crippen MR) is 68.8 cm³/mol. The second kappa shape index (κ2) is 4.97. The molecule has 0 radical (unpaired) electrons. The van der Waals surface area contributed by atoms with Crippen LogP contribution >= 0.6 is 11.3 Å². The summed E-state index contributed by atoms with van der Waals surface area (Å²) < 4.78 is 0. The minimum Gasteiger partial charge on any atom is -0.350 e. The molecule has 0 saturated carbocycles. The maximum Gasteiger partial charge on any atom is 0.240 e. The molecule has 16 heavy (non-hydrogen) atoms. The zero-order valence-corrected chi connectivity index (χ0v) is 11.4. The van der Waals surface area contributed by atoms with Crippen molar-refractivity contribution in [1.82, 2.24) is 10.6 Å². The number of nitrogens with one attached hydrogen (secondary N) is 2. The monoisotopic (exact) mass is 240 g/mol. The van der Waals surface area contributed by atoms with E-state index in [1.807, 2.05) is 13.8 Å². The fourth-order valence-electron chi connectivity index (χ4n) is 1.24. The number of amides is 1. The topological polar surface area (TPSA) is 41.1 Å². The fraction of sp³-hybridized carbons (Fsp3) is 0.583. The van der Waals surface area contributed by atoms with E-state index in [4.69, 9.17) is 0 Å². The first-order valence-electron chi connectivity index (χ1n) is 5.40. The molecular formula is C12H20N2OS. The van der Waals surface area contributed by atoms with Crippen molar-refractivity contribution >= 4 is 17.2 Å². The normalized spacial score (nSPS) is 11.6. The minimum absolute atomic E-state index is 0.0266. The van der Waals surface area contributed by atoms with E-state index in [1.54, 1.807) is 18.4 Å². The van der Waals surface area contributed by atoms with Crippen LogP contribution in [0, 0.1) is 13.8 Å². The van der Waals surface area contributed by atoms with Gasteiger partial charge in [0.05, 0.1) is 12.1 Å². The Labute approximate surface area is 101 Å². The Kier molecular flexibility index (Phi) is 4.10. The summed E-state index contributed by atoms with van der Waals surface area (Å²) in [5.41, 5.74) is 0.781. The van der Waals surface area contributed by atoms with Crippen molar-refractivity contribution in [3.05, 3.63) is 21.4 Å². The van der Waals surface area contributed by atoms with Crippen LogP contribution in [-0.4, -0.2) is 18.5 Å². The maximum absolute atomic E-state index is 11.8. The van der Waals surface area contributed by atoms with Crippen molar-refractivity contribution in [2.45, 2.75) is 39.8 Å². The van der Waals surface area contributed by atoms with E-state index in [0.717, 1.165) is 0 Å². The summed E-state index contributed by atoms with van der Waals surface area (Å²) in [5.74, 6) is 0.0266. The summed E-state index contributed by atoms with van der Waals surface area (Å²) in [7, 11) is 1.79. The highest BCUT2D eigenvalue weighted by Gasteiger charge is 2.24. The number of hydrogen-bond donors (Lipinski definition) is 2. The van der Waals surface area contributed by atoms with Crippen molar-refractivity contribution in [2.75, 3.05) is 7.05 Å². The number of aryl methyl sites for hydroxylation is 2. The molecule has 2 N–H and O–H groups in total. The van der Waals surface area contributed by atoms with Crippen LogP contribution in [0.1, 0.15) is 29.2 Å². The van der Waals surface area contributed by atoms with Gasteiger partial charge in [0.25, 0.3) is 0 Å². The second-order valence-corrected chi connectivity index (χ2v) is 5.85. The van der Waals surface area contributed by atoms with E-state index < -0.39 is 5.54 Å². The SMILES string of the molecule is CNC(C)(C)C(=O)NCc1cc(C)c(C)s1. The van der Waals surface area contributed by atoms with Gasteiger partial charge in [-0.2, -0.15) is 0 Å². The molecule has 1 heterocycles. The Hall–Kier alpha value is -0.870. The molecule has 0 aliphatic rings. The van der Waals surface area contributed by atoms with Gasteiger partial charge in [-0.15, -0.1) is 11.3 Å². The van der Waals surface area contributed by atoms with Gasteiger partial charge in [0.15, 0.2) is 0 Å². The fourth-order valence-corrected chi connectivity index (χ4v) is 2.23. The van der Waals surface area contributed by atoms with Crippen LogP contribution in [0.15, 0.2) is 6.07 Å². The molecule has 1 aromatic heterocycles. The van der Waals surface area contributed by atoms with Gasteiger partial charge in [-0.25, -0.2) is 0 Å². The Bertz CT molecular complexity index is 363. The number of carbonyl (C=O) groups is 1. The molecule has 0 aliphatic carbocycles. The highest BCUT2D eigenvalue weighted by atomic mass is 32.1. The van der Waals surface area contributed by atoms with Crippen molar-refractivity contribution in [3.8, 4) is 0 Å². The van der Waals surface area contributed by atoms with Gasteiger partial charge in [-0.1, -0.05) is 0 Å². The lowest BCUT2D eigenvalue weighted by atomic mass is 10.1. The Morgan fingerprint density at radius 3 is 2.50 bits per heavy atom. The lowest BCUT2D eigenvalue weighted by Gasteiger charge is -2.22. The summed E-state index contributed by atoms with van der Waals surface area (Å²) in [5, 5.41) is 5.92. The average molecular weight is 240 g/mol. The third-order valence-corrected chi connectivity index (χ3v) is 3.99. The molecule has 0 fully saturated rings. The highest BCUT2D eigenvalue weighted by Crippen LogP contribution is 2.20. The summed E-state index contributed by atoms with van der Waals surface area (Å²) in [4.78, 5) is 14.3. The number of rotatable bonds is 4. The molecule has 1 aromatic rings. The standard InChI is InChI=1S/C12H20N2OS/c1-8-6-10(16-9(8)2)7-14-11(15)12(3,4)13-5/h6,13H,7H2,1-5H3,(H,14,15). The molecule has 0 aromatic carbocycles. The number of thiophene rings is 1. The Morgan fingerprint density at radius 2 is 2.06 bits per heavy atom. The molecular weight excluding hydrogens is 220 g/mol. The minimum atomic E-state index is -0.513. The summed E-state index contributed by atoms with van der Waals surface area (Å²) in [6.07, 6.45) is 0. The van der Waals surface area contributed by atoms with E-state index in [9.17, 15) is 4.79 Å². The highest BCUT2D eigenvalue weighted by molar-refractivity contribution is 7.12. The first-order chi connectivity index (χ1) is 7.36. The second-order valence-electron chi connectivity index (χ2n) is 4.51. The summed E-state index contributed by atoms with van der Waals surface area (Å²) in [6.45, 7) is 8.54. The lowest BCUT2D eigenvalue weighted by molar-refractivity contribution is -0.126. The van der Waals surface area contributed by atoms with Gasteiger partial charge in [0.1, 0.15) is 0 Å². The van der Waals surface area contributed by atoms with Crippen molar-refractivity contribution in [1.29, 1.82) is 0 Å². The van der Waals surface area contributed by atoms with Crippen LogP contribution in [0.25, 0.3) is 0 Å². The quantitative estimate of drug-likeness (QED) is 0.845. The van der Waals surface area contributed by atoms with E-state index in [2.05, 4.69) is 30.5 Å². The molecule has 0 spiro atoms. The molecule has 3 nitrogen and oxygen atoms in total. The van der Waals surface area contributed by atoms with Gasteiger partial charge in [-0.05, 0) is 46.4 Å². The van der Waals surface area contributed by atoms with Crippen LogP contribution in [0.2, 0.25) is 0 Å². The van der Waals surface area contributed by atoms with Crippen LogP contribution in [0.3, 0.4) is 0 Å². The van der Waals surface area contributed by atoms with Gasteiger partial charge in [0, 0.05) is 9.75 Å². The van der Waals surface area contributed by atoms with Crippen LogP contribution < -0.4 is 10.6 Å². The van der Waals surface area contributed by atoms with Gasteiger partial charge >= 0.3 is 0 Å². The van der Waals surface area contributed by atoms with Crippen LogP contribution in [0.5, 0.6) is 0 Å². The molecule has 0 atom stereocenters. The average Bonchev–Trinajstić information content (AvgIpc) is 2.55. The molecule has 90 valence electrons. The predicted octanol–water partition coefficient (Wildman–Crippen LogP) is 1.98. The summed E-state index contributed by atoms with van der Waals surface area (Å²) >= 11 is 1.74. The van der Waals surface area contributed by atoms with E-state index in [-0.39, 0.29) is 5.91 Å². The largest absolute Gasteiger partial charge is 0.350 e.